The van der Waals surface area contributed by atoms with Gasteiger partial charge in [-0.1, -0.05) is 6.07 Å². The van der Waals surface area contributed by atoms with Crippen LogP contribution in [0.2, 0.25) is 0 Å². The van der Waals surface area contributed by atoms with Crippen LogP contribution in [0.1, 0.15) is 25.1 Å². The second-order valence-electron chi connectivity index (χ2n) is 7.62. The van der Waals surface area contributed by atoms with Crippen LogP contribution in [0.4, 0.5) is 4.79 Å². The van der Waals surface area contributed by atoms with Gasteiger partial charge in [0.25, 0.3) is 5.91 Å². The van der Waals surface area contributed by atoms with Crippen molar-refractivity contribution in [1.29, 1.82) is 0 Å². The maximum absolute atomic E-state index is 13.3. The highest BCUT2D eigenvalue weighted by Crippen LogP contribution is 2.38. The summed E-state index contributed by atoms with van der Waals surface area (Å²) in [5.41, 5.74) is 1.05. The SMILES string of the molecule is CCOc1ccc(-c2nc(CN3C(=O)NC(C)(c4ccc5c(c4)OCO5)C3=O)cs2)cc1. The van der Waals surface area contributed by atoms with Crippen LogP contribution in [-0.4, -0.2) is 35.2 Å². The summed E-state index contributed by atoms with van der Waals surface area (Å²) in [4.78, 5) is 31.8. The molecule has 1 fully saturated rings. The Morgan fingerprint density at radius 1 is 1.16 bits per heavy atom. The van der Waals surface area contributed by atoms with E-state index in [1.807, 2.05) is 36.6 Å². The lowest BCUT2D eigenvalue weighted by molar-refractivity contribution is -0.131. The molecule has 9 heteroatoms. The first-order valence-electron chi connectivity index (χ1n) is 10.2. The normalized spacial score (nSPS) is 19.4. The first-order chi connectivity index (χ1) is 15.5. The Morgan fingerprint density at radius 3 is 2.72 bits per heavy atom. The Bertz CT molecular complexity index is 1190. The number of thiazole rings is 1. The number of nitrogens with zero attached hydrogens (tertiary/aromatic N) is 2. The molecule has 1 atom stereocenters. The van der Waals surface area contributed by atoms with Crippen molar-refractivity contribution in [1.82, 2.24) is 15.2 Å². The van der Waals surface area contributed by atoms with Crippen molar-refractivity contribution >= 4 is 23.3 Å². The van der Waals surface area contributed by atoms with Crippen molar-refractivity contribution in [2.45, 2.75) is 25.9 Å². The number of benzene rings is 2. The number of fused-ring (bicyclic) bond motifs is 1. The lowest BCUT2D eigenvalue weighted by atomic mass is 9.91. The van der Waals surface area contributed by atoms with Gasteiger partial charge in [0.15, 0.2) is 11.5 Å². The minimum atomic E-state index is -1.19. The largest absolute Gasteiger partial charge is 0.494 e. The van der Waals surface area contributed by atoms with Crippen molar-refractivity contribution in [2.24, 2.45) is 0 Å². The molecule has 0 aliphatic carbocycles. The van der Waals surface area contributed by atoms with Crippen LogP contribution in [0.3, 0.4) is 0 Å². The van der Waals surface area contributed by atoms with Crippen molar-refractivity contribution in [2.75, 3.05) is 13.4 Å². The van der Waals surface area contributed by atoms with Gasteiger partial charge in [-0.05, 0) is 55.8 Å². The Balaban J connectivity index is 1.34. The van der Waals surface area contributed by atoms with Crippen LogP contribution in [-0.2, 0) is 16.9 Å². The Morgan fingerprint density at radius 2 is 1.94 bits per heavy atom. The fourth-order valence-corrected chi connectivity index (χ4v) is 4.60. The number of nitrogens with one attached hydrogen (secondary N) is 1. The summed E-state index contributed by atoms with van der Waals surface area (Å²) in [6.07, 6.45) is 0. The summed E-state index contributed by atoms with van der Waals surface area (Å²) in [6.45, 7) is 4.48. The monoisotopic (exact) mass is 451 g/mol. The van der Waals surface area contributed by atoms with E-state index >= 15 is 0 Å². The standard InChI is InChI=1S/C23H21N3O5S/c1-3-29-17-7-4-14(5-8-17)20-24-16(12-32-20)11-26-21(27)23(2,25-22(26)28)15-6-9-18-19(10-15)31-13-30-18/h4-10,12H,3,11,13H2,1-2H3,(H,25,28). The minimum Gasteiger partial charge on any atom is -0.494 e. The van der Waals surface area contributed by atoms with Crippen molar-refractivity contribution in [3.05, 3.63) is 59.1 Å². The third-order valence-electron chi connectivity index (χ3n) is 5.51. The fraction of sp³-hybridized carbons (Fsp3) is 0.261. The number of hydrogen-bond donors (Lipinski definition) is 1. The lowest BCUT2D eigenvalue weighted by Gasteiger charge is -2.22. The third-order valence-corrected chi connectivity index (χ3v) is 6.45. The van der Waals surface area contributed by atoms with E-state index in [-0.39, 0.29) is 19.2 Å². The number of ether oxygens (including phenoxy) is 3. The zero-order valence-corrected chi connectivity index (χ0v) is 18.4. The molecule has 0 radical (unpaired) electrons. The van der Waals surface area contributed by atoms with E-state index in [2.05, 4.69) is 10.3 Å². The van der Waals surface area contributed by atoms with Gasteiger partial charge in [-0.25, -0.2) is 9.78 Å². The highest BCUT2D eigenvalue weighted by molar-refractivity contribution is 7.13. The Hall–Kier alpha value is -3.59. The third kappa shape index (κ3) is 3.44. The quantitative estimate of drug-likeness (QED) is 0.572. The molecule has 164 valence electrons. The number of imide groups is 1. The van der Waals surface area contributed by atoms with Gasteiger partial charge < -0.3 is 19.5 Å². The Labute approximate surface area is 188 Å². The van der Waals surface area contributed by atoms with Gasteiger partial charge in [0.2, 0.25) is 6.79 Å². The highest BCUT2D eigenvalue weighted by atomic mass is 32.1. The molecule has 1 unspecified atom stereocenters. The zero-order valence-electron chi connectivity index (χ0n) is 17.6. The highest BCUT2D eigenvalue weighted by Gasteiger charge is 2.49. The number of amides is 3. The van der Waals surface area contributed by atoms with Gasteiger partial charge in [-0.3, -0.25) is 9.69 Å². The van der Waals surface area contributed by atoms with Crippen LogP contribution in [0.25, 0.3) is 10.6 Å². The number of aromatic nitrogens is 1. The molecule has 3 aromatic rings. The van der Waals surface area contributed by atoms with E-state index in [0.717, 1.165) is 16.3 Å². The number of hydrogen-bond acceptors (Lipinski definition) is 7. The molecular formula is C23H21N3O5S. The molecule has 1 saturated heterocycles. The molecule has 2 aliphatic heterocycles. The molecule has 3 heterocycles. The summed E-state index contributed by atoms with van der Waals surface area (Å²) in [5, 5.41) is 5.49. The summed E-state index contributed by atoms with van der Waals surface area (Å²) in [5.74, 6) is 1.64. The van der Waals surface area contributed by atoms with Crippen LogP contribution in [0.15, 0.2) is 47.8 Å². The van der Waals surface area contributed by atoms with Crippen LogP contribution in [0, 0.1) is 0 Å². The van der Waals surface area contributed by atoms with Crippen molar-refractivity contribution in [3.8, 4) is 27.8 Å². The average molecular weight is 452 g/mol. The fourth-order valence-electron chi connectivity index (χ4n) is 3.78. The maximum Gasteiger partial charge on any atom is 0.325 e. The first-order valence-corrected chi connectivity index (χ1v) is 11.1. The molecule has 0 saturated carbocycles. The van der Waals surface area contributed by atoms with Crippen LogP contribution < -0.4 is 19.5 Å². The number of carbonyl (C=O) groups is 2. The van der Waals surface area contributed by atoms with Crippen LogP contribution >= 0.6 is 11.3 Å². The first kappa shape index (κ1) is 20.3. The molecule has 0 bridgehead atoms. The van der Waals surface area contributed by atoms with E-state index in [1.54, 1.807) is 25.1 Å². The molecule has 3 amide bonds. The average Bonchev–Trinajstić information content (AvgIpc) is 3.50. The van der Waals surface area contributed by atoms with E-state index in [1.165, 1.54) is 16.2 Å². The summed E-state index contributed by atoms with van der Waals surface area (Å²) >= 11 is 1.47. The predicted octanol–water partition coefficient (Wildman–Crippen LogP) is 3.90. The van der Waals surface area contributed by atoms with E-state index in [4.69, 9.17) is 14.2 Å². The number of urea groups is 1. The van der Waals surface area contributed by atoms with Gasteiger partial charge in [0, 0.05) is 10.9 Å². The van der Waals surface area contributed by atoms with Gasteiger partial charge in [-0.2, -0.15) is 0 Å². The summed E-state index contributed by atoms with van der Waals surface area (Å²) in [6, 6.07) is 12.5. The topological polar surface area (TPSA) is 90.0 Å². The molecule has 2 aromatic carbocycles. The predicted molar refractivity (Wildman–Crippen MR) is 118 cm³/mol. The zero-order chi connectivity index (χ0) is 22.3. The molecule has 8 nitrogen and oxygen atoms in total. The molecular weight excluding hydrogens is 430 g/mol. The smallest absolute Gasteiger partial charge is 0.325 e. The van der Waals surface area contributed by atoms with Gasteiger partial charge in [-0.15, -0.1) is 11.3 Å². The molecule has 1 aromatic heterocycles. The van der Waals surface area contributed by atoms with Gasteiger partial charge in [0.1, 0.15) is 16.3 Å². The second-order valence-corrected chi connectivity index (χ2v) is 8.47. The molecule has 32 heavy (non-hydrogen) atoms. The molecule has 0 spiro atoms. The summed E-state index contributed by atoms with van der Waals surface area (Å²) in [7, 11) is 0. The van der Waals surface area contributed by atoms with Gasteiger partial charge in [0.05, 0.1) is 18.8 Å². The molecule has 2 aliphatic rings. The lowest BCUT2D eigenvalue weighted by Crippen LogP contribution is -2.40. The van der Waals surface area contributed by atoms with Crippen molar-refractivity contribution in [3.63, 3.8) is 0 Å². The van der Waals surface area contributed by atoms with Crippen molar-refractivity contribution < 1.29 is 23.8 Å². The summed E-state index contributed by atoms with van der Waals surface area (Å²) < 4.78 is 16.2. The second kappa shape index (κ2) is 7.83. The molecule has 5 rings (SSSR count). The maximum atomic E-state index is 13.3. The number of rotatable bonds is 6. The van der Waals surface area contributed by atoms with E-state index in [9.17, 15) is 9.59 Å². The van der Waals surface area contributed by atoms with E-state index in [0.29, 0.717) is 29.4 Å². The number of carbonyl (C=O) groups excluding carboxylic acids is 2. The minimum absolute atomic E-state index is 0.0956. The Kier molecular flexibility index (Phi) is 4.97. The van der Waals surface area contributed by atoms with E-state index < -0.39 is 11.6 Å². The van der Waals surface area contributed by atoms with Gasteiger partial charge >= 0.3 is 6.03 Å². The molecule has 1 N–H and O–H groups in total. The van der Waals surface area contributed by atoms with Crippen LogP contribution in [0.5, 0.6) is 17.2 Å².